The van der Waals surface area contributed by atoms with Crippen LogP contribution in [0.3, 0.4) is 0 Å². The van der Waals surface area contributed by atoms with Crippen molar-refractivity contribution >= 4 is 37.5 Å². The van der Waals surface area contributed by atoms with Gasteiger partial charge in [-0.1, -0.05) is 0 Å². The van der Waals surface area contributed by atoms with Gasteiger partial charge in [0.05, 0.1) is 22.1 Å². The molecular formula is C9H14BrN3O3S. The van der Waals surface area contributed by atoms with Crippen LogP contribution >= 0.6 is 15.9 Å². The number of hydrogen-bond donors (Lipinski definition) is 2. The van der Waals surface area contributed by atoms with Crippen LogP contribution in [0.15, 0.2) is 16.7 Å². The summed E-state index contributed by atoms with van der Waals surface area (Å²) in [6.45, 7) is 0.400. The molecule has 8 heteroatoms. The van der Waals surface area contributed by atoms with E-state index in [4.69, 9.17) is 10.5 Å². The van der Waals surface area contributed by atoms with E-state index in [0.29, 0.717) is 23.2 Å². The summed E-state index contributed by atoms with van der Waals surface area (Å²) in [6, 6.07) is 1.58. The Morgan fingerprint density at radius 2 is 2.29 bits per heavy atom. The molecule has 1 aromatic heterocycles. The number of methoxy groups -OCH3 is 1. The average Bonchev–Trinajstić information content (AvgIpc) is 2.22. The lowest BCUT2D eigenvalue weighted by Crippen LogP contribution is -2.18. The number of pyridine rings is 1. The van der Waals surface area contributed by atoms with Crippen LogP contribution in [0.25, 0.3) is 0 Å². The standard InChI is InChI=1S/C9H14BrN3O3S/c1-16-3-2-4-17(14,15)13-9-8(10)5-7(11)6-12-9/h5-6H,2-4,11H2,1H3,(H,12,13). The summed E-state index contributed by atoms with van der Waals surface area (Å²) in [5.74, 6) is 0.218. The van der Waals surface area contributed by atoms with Crippen LogP contribution in [0.4, 0.5) is 11.5 Å². The van der Waals surface area contributed by atoms with Gasteiger partial charge in [-0.3, -0.25) is 4.72 Å². The molecule has 0 aromatic carbocycles. The van der Waals surface area contributed by atoms with E-state index >= 15 is 0 Å². The summed E-state index contributed by atoms with van der Waals surface area (Å²) in [5.41, 5.74) is 5.96. The van der Waals surface area contributed by atoms with Crippen LogP contribution in [0.5, 0.6) is 0 Å². The van der Waals surface area contributed by atoms with Crippen LogP contribution in [-0.2, 0) is 14.8 Å². The van der Waals surface area contributed by atoms with Crippen molar-refractivity contribution in [3.05, 3.63) is 16.7 Å². The smallest absolute Gasteiger partial charge is 0.233 e. The van der Waals surface area contributed by atoms with Crippen molar-refractivity contribution in [1.82, 2.24) is 4.98 Å². The number of nitrogens with one attached hydrogen (secondary N) is 1. The minimum absolute atomic E-state index is 0.0145. The first-order chi connectivity index (χ1) is 7.94. The van der Waals surface area contributed by atoms with Crippen LogP contribution in [-0.4, -0.2) is 32.9 Å². The summed E-state index contributed by atoms with van der Waals surface area (Å²) in [4.78, 5) is 3.90. The zero-order chi connectivity index (χ0) is 12.9. The molecule has 17 heavy (non-hydrogen) atoms. The number of halogens is 1. The predicted molar refractivity (Wildman–Crippen MR) is 70.3 cm³/mol. The first kappa shape index (κ1) is 14.2. The van der Waals surface area contributed by atoms with Crippen LogP contribution in [0.2, 0.25) is 0 Å². The molecule has 1 rings (SSSR count). The number of sulfonamides is 1. The second kappa shape index (κ2) is 6.18. The number of nitrogens with two attached hydrogens (primary N) is 1. The van der Waals surface area contributed by atoms with Crippen LogP contribution in [0.1, 0.15) is 6.42 Å². The van der Waals surface area contributed by atoms with E-state index in [1.54, 1.807) is 6.07 Å². The highest BCUT2D eigenvalue weighted by Gasteiger charge is 2.13. The third kappa shape index (κ3) is 4.88. The second-order valence-corrected chi connectivity index (χ2v) is 6.06. The molecule has 6 nitrogen and oxygen atoms in total. The normalized spacial score (nSPS) is 11.4. The number of nitrogens with zero attached hydrogens (tertiary/aromatic N) is 1. The zero-order valence-corrected chi connectivity index (χ0v) is 11.7. The predicted octanol–water partition coefficient (Wildman–Crippen LogP) is 1.20. The highest BCUT2D eigenvalue weighted by molar-refractivity contribution is 9.10. The van der Waals surface area contributed by atoms with Crippen molar-refractivity contribution in [1.29, 1.82) is 0 Å². The summed E-state index contributed by atoms with van der Waals surface area (Å²) >= 11 is 3.19. The Kier molecular flexibility index (Phi) is 5.16. The molecular weight excluding hydrogens is 310 g/mol. The minimum atomic E-state index is -3.41. The number of aromatic nitrogens is 1. The van der Waals surface area contributed by atoms with Gasteiger partial charge in [0.2, 0.25) is 10.0 Å². The van der Waals surface area contributed by atoms with Crippen molar-refractivity contribution < 1.29 is 13.2 Å². The molecule has 96 valence electrons. The maximum Gasteiger partial charge on any atom is 0.233 e. The summed E-state index contributed by atoms with van der Waals surface area (Å²) in [6.07, 6.45) is 1.82. The van der Waals surface area contributed by atoms with Crippen molar-refractivity contribution in [3.63, 3.8) is 0 Å². The molecule has 0 amide bonds. The SMILES string of the molecule is COCCCS(=O)(=O)Nc1ncc(N)cc1Br. The lowest BCUT2D eigenvalue weighted by molar-refractivity contribution is 0.199. The van der Waals surface area contributed by atoms with Gasteiger partial charge >= 0.3 is 0 Å². The fourth-order valence-electron chi connectivity index (χ4n) is 1.12. The van der Waals surface area contributed by atoms with Crippen molar-refractivity contribution in [2.24, 2.45) is 0 Å². The molecule has 0 spiro atoms. The van der Waals surface area contributed by atoms with E-state index < -0.39 is 10.0 Å². The molecule has 0 unspecified atom stereocenters. The molecule has 1 aromatic rings. The maximum atomic E-state index is 11.7. The van der Waals surface area contributed by atoms with Crippen molar-refractivity contribution in [2.45, 2.75) is 6.42 Å². The van der Waals surface area contributed by atoms with E-state index in [0.717, 1.165) is 0 Å². The fourth-order valence-corrected chi connectivity index (χ4v) is 2.77. The van der Waals surface area contributed by atoms with Crippen LogP contribution < -0.4 is 10.5 Å². The molecule has 3 N–H and O–H groups in total. The first-order valence-corrected chi connectivity index (χ1v) is 7.29. The summed E-state index contributed by atoms with van der Waals surface area (Å²) in [5, 5.41) is 0. The molecule has 0 radical (unpaired) electrons. The zero-order valence-electron chi connectivity index (χ0n) is 9.31. The Morgan fingerprint density at radius 3 is 2.88 bits per heavy atom. The van der Waals surface area contributed by atoms with Gasteiger partial charge in [-0.2, -0.15) is 0 Å². The van der Waals surface area contributed by atoms with Gasteiger partial charge in [0.15, 0.2) is 5.82 Å². The van der Waals surface area contributed by atoms with Crippen molar-refractivity contribution in [3.8, 4) is 0 Å². The van der Waals surface area contributed by atoms with Gasteiger partial charge in [0.1, 0.15) is 0 Å². The topological polar surface area (TPSA) is 94.3 Å². The quantitative estimate of drug-likeness (QED) is 0.767. The monoisotopic (exact) mass is 323 g/mol. The molecule has 0 saturated carbocycles. The lowest BCUT2D eigenvalue weighted by atomic mass is 10.4. The van der Waals surface area contributed by atoms with E-state index in [2.05, 4.69) is 25.6 Å². The number of anilines is 2. The number of rotatable bonds is 6. The van der Waals surface area contributed by atoms with Gasteiger partial charge in [-0.15, -0.1) is 0 Å². The lowest BCUT2D eigenvalue weighted by Gasteiger charge is -2.08. The highest BCUT2D eigenvalue weighted by atomic mass is 79.9. The summed E-state index contributed by atoms with van der Waals surface area (Å²) < 4.78 is 31.0. The Bertz CT molecular complexity index is 478. The average molecular weight is 324 g/mol. The van der Waals surface area contributed by atoms with Gasteiger partial charge in [0.25, 0.3) is 0 Å². The minimum Gasteiger partial charge on any atom is -0.397 e. The number of hydrogen-bond acceptors (Lipinski definition) is 5. The molecule has 1 heterocycles. The molecule has 0 aliphatic heterocycles. The summed E-state index contributed by atoms with van der Waals surface area (Å²) in [7, 11) is -1.88. The molecule has 0 atom stereocenters. The Morgan fingerprint density at radius 1 is 1.59 bits per heavy atom. The fraction of sp³-hybridized carbons (Fsp3) is 0.444. The Balaban J connectivity index is 2.69. The molecule has 0 aliphatic rings. The molecule has 0 bridgehead atoms. The van der Waals surface area contributed by atoms with E-state index in [1.165, 1.54) is 13.3 Å². The first-order valence-electron chi connectivity index (χ1n) is 4.85. The highest BCUT2D eigenvalue weighted by Crippen LogP contribution is 2.22. The molecule has 0 fully saturated rings. The molecule has 0 saturated heterocycles. The van der Waals surface area contributed by atoms with E-state index in [-0.39, 0.29) is 11.6 Å². The van der Waals surface area contributed by atoms with Gasteiger partial charge in [-0.05, 0) is 28.4 Å². The van der Waals surface area contributed by atoms with E-state index in [9.17, 15) is 8.42 Å². The maximum absolute atomic E-state index is 11.7. The largest absolute Gasteiger partial charge is 0.397 e. The van der Waals surface area contributed by atoms with Gasteiger partial charge in [0, 0.05) is 13.7 Å². The number of nitrogen functional groups attached to an aromatic ring is 1. The Labute approximate surface area is 109 Å². The third-order valence-corrected chi connectivity index (χ3v) is 3.81. The van der Waals surface area contributed by atoms with Crippen LogP contribution in [0, 0.1) is 0 Å². The number of ether oxygens (including phenoxy) is 1. The molecule has 0 aliphatic carbocycles. The van der Waals surface area contributed by atoms with Crippen molar-refractivity contribution in [2.75, 3.05) is 29.9 Å². The third-order valence-electron chi connectivity index (χ3n) is 1.88. The van der Waals surface area contributed by atoms with E-state index in [1.807, 2.05) is 0 Å². The van der Waals surface area contributed by atoms with Gasteiger partial charge < -0.3 is 10.5 Å². The second-order valence-electron chi connectivity index (χ2n) is 3.37. The van der Waals surface area contributed by atoms with Gasteiger partial charge in [-0.25, -0.2) is 13.4 Å². The Hall–Kier alpha value is -0.860.